The molecule has 0 aliphatic carbocycles. The van der Waals surface area contributed by atoms with Crippen LogP contribution in [0, 0.1) is 0 Å². The first-order chi connectivity index (χ1) is 14.3. The predicted octanol–water partition coefficient (Wildman–Crippen LogP) is 5.36. The van der Waals surface area contributed by atoms with E-state index in [2.05, 4.69) is 5.32 Å². The fourth-order valence-corrected chi connectivity index (χ4v) is 3.49. The molecule has 0 spiro atoms. The number of nitrogens with zero attached hydrogens (tertiary/aromatic N) is 1. The second-order valence-corrected chi connectivity index (χ2v) is 7.95. The van der Waals surface area contributed by atoms with E-state index in [1.54, 1.807) is 49.4 Å². The van der Waals surface area contributed by atoms with Crippen LogP contribution in [0.5, 0.6) is 5.75 Å². The molecule has 162 valence electrons. The molecular weight excluding hydrogens is 447 g/mol. The summed E-state index contributed by atoms with van der Waals surface area (Å²) < 4.78 is 5.64. The first kappa shape index (κ1) is 24.3. The molecule has 5 nitrogen and oxygen atoms in total. The van der Waals surface area contributed by atoms with Gasteiger partial charge >= 0.3 is 0 Å². The summed E-state index contributed by atoms with van der Waals surface area (Å²) in [6.07, 6.45) is 0.718. The quantitative estimate of drug-likeness (QED) is 0.475. The Labute approximate surface area is 192 Å². The maximum Gasteiger partial charge on any atom is 0.242 e. The van der Waals surface area contributed by atoms with E-state index in [0.717, 1.165) is 0 Å². The highest BCUT2D eigenvalue weighted by atomic mass is 35.5. The molecule has 0 saturated heterocycles. The summed E-state index contributed by atoms with van der Waals surface area (Å²) in [5, 5.41) is 4.29. The Morgan fingerprint density at radius 2 is 1.70 bits per heavy atom. The number of rotatable bonds is 10. The number of hydrogen-bond acceptors (Lipinski definition) is 3. The van der Waals surface area contributed by atoms with E-state index in [1.165, 1.54) is 4.90 Å². The van der Waals surface area contributed by atoms with Crippen LogP contribution in [0.3, 0.4) is 0 Å². The molecule has 0 aromatic heterocycles. The molecule has 0 heterocycles. The average molecular weight is 472 g/mol. The van der Waals surface area contributed by atoms with Gasteiger partial charge in [0.2, 0.25) is 11.8 Å². The zero-order valence-corrected chi connectivity index (χ0v) is 19.2. The first-order valence-corrected chi connectivity index (χ1v) is 10.8. The summed E-state index contributed by atoms with van der Waals surface area (Å²) in [5.74, 6) is 0.276. The van der Waals surface area contributed by atoms with Gasteiger partial charge in [0.1, 0.15) is 11.8 Å². The van der Waals surface area contributed by atoms with E-state index < -0.39 is 6.04 Å². The lowest BCUT2D eigenvalue weighted by atomic mass is 10.1. The molecule has 1 atom stereocenters. The molecule has 2 amide bonds. The molecule has 1 unspecified atom stereocenters. The number of halogens is 3. The normalized spacial score (nSPS) is 11.6. The van der Waals surface area contributed by atoms with E-state index in [9.17, 15) is 9.59 Å². The Morgan fingerprint density at radius 3 is 2.30 bits per heavy atom. The zero-order chi connectivity index (χ0) is 22.1. The fraction of sp³-hybridized carbons (Fsp3) is 0.364. The molecule has 1 N–H and O–H groups in total. The zero-order valence-electron chi connectivity index (χ0n) is 17.0. The van der Waals surface area contributed by atoms with Crippen LogP contribution >= 0.6 is 34.8 Å². The Morgan fingerprint density at radius 1 is 1.07 bits per heavy atom. The molecule has 0 fully saturated rings. The Bertz CT molecular complexity index is 839. The number of hydrogen-bond donors (Lipinski definition) is 1. The summed E-state index contributed by atoms with van der Waals surface area (Å²) >= 11 is 18.4. The van der Waals surface area contributed by atoms with Gasteiger partial charge in [0.15, 0.2) is 0 Å². The highest BCUT2D eigenvalue weighted by Gasteiger charge is 2.26. The SMILES string of the molecule is CCNC(=O)C(C)N(Cc1c(Cl)cccc1Cl)C(=O)CCCOc1ccc(Cl)cc1. The molecule has 0 aliphatic heterocycles. The van der Waals surface area contributed by atoms with Crippen LogP contribution in [-0.2, 0) is 16.1 Å². The van der Waals surface area contributed by atoms with E-state index >= 15 is 0 Å². The third-order valence-corrected chi connectivity index (χ3v) is 5.49. The van der Waals surface area contributed by atoms with Gasteiger partial charge in [-0.1, -0.05) is 40.9 Å². The van der Waals surface area contributed by atoms with Crippen LogP contribution in [0.1, 0.15) is 32.3 Å². The molecule has 0 bridgehead atoms. The lowest BCUT2D eigenvalue weighted by Gasteiger charge is -2.29. The van der Waals surface area contributed by atoms with E-state index in [0.29, 0.717) is 46.0 Å². The van der Waals surface area contributed by atoms with Crippen molar-refractivity contribution in [3.8, 4) is 5.75 Å². The minimum absolute atomic E-state index is 0.147. The van der Waals surface area contributed by atoms with Crippen molar-refractivity contribution < 1.29 is 14.3 Å². The summed E-state index contributed by atoms with van der Waals surface area (Å²) in [6.45, 7) is 4.51. The van der Waals surface area contributed by atoms with E-state index in [4.69, 9.17) is 39.5 Å². The summed E-state index contributed by atoms with van der Waals surface area (Å²) in [4.78, 5) is 26.8. The van der Waals surface area contributed by atoms with Crippen LogP contribution in [0.4, 0.5) is 0 Å². The first-order valence-electron chi connectivity index (χ1n) is 9.72. The smallest absolute Gasteiger partial charge is 0.242 e. The standard InChI is InChI=1S/C22H25Cl3N2O3/c1-3-26-22(29)15(2)27(14-18-19(24)6-4-7-20(18)25)21(28)8-5-13-30-17-11-9-16(23)10-12-17/h4,6-7,9-12,15H,3,5,8,13-14H2,1-2H3,(H,26,29). The van der Waals surface area contributed by atoms with Crippen molar-refractivity contribution in [2.24, 2.45) is 0 Å². The number of carbonyl (C=O) groups excluding carboxylic acids is 2. The summed E-state index contributed by atoms with van der Waals surface area (Å²) in [6, 6.07) is 11.5. The maximum absolute atomic E-state index is 13.0. The predicted molar refractivity (Wildman–Crippen MR) is 121 cm³/mol. The van der Waals surface area contributed by atoms with Gasteiger partial charge < -0.3 is 15.0 Å². The fourth-order valence-electron chi connectivity index (χ4n) is 2.85. The Kier molecular flexibility index (Phi) is 9.76. The minimum Gasteiger partial charge on any atom is -0.494 e. The molecule has 0 aliphatic rings. The van der Waals surface area contributed by atoms with Crippen molar-refractivity contribution in [1.82, 2.24) is 10.2 Å². The highest BCUT2D eigenvalue weighted by molar-refractivity contribution is 6.36. The van der Waals surface area contributed by atoms with Crippen LogP contribution in [0.15, 0.2) is 42.5 Å². The Hall–Kier alpha value is -1.95. The van der Waals surface area contributed by atoms with Gasteiger partial charge in [-0.3, -0.25) is 9.59 Å². The van der Waals surface area contributed by atoms with Crippen LogP contribution < -0.4 is 10.1 Å². The number of benzene rings is 2. The van der Waals surface area contributed by atoms with Crippen molar-refractivity contribution in [2.75, 3.05) is 13.2 Å². The van der Waals surface area contributed by atoms with E-state index in [1.807, 2.05) is 6.92 Å². The largest absolute Gasteiger partial charge is 0.494 e. The van der Waals surface area contributed by atoms with E-state index in [-0.39, 0.29) is 24.8 Å². The van der Waals surface area contributed by atoms with Crippen molar-refractivity contribution in [1.29, 1.82) is 0 Å². The van der Waals surface area contributed by atoms with Gasteiger partial charge in [0, 0.05) is 40.1 Å². The molecule has 2 aromatic rings. The Balaban J connectivity index is 2.04. The van der Waals surface area contributed by atoms with Gasteiger partial charge in [-0.05, 0) is 56.7 Å². The lowest BCUT2D eigenvalue weighted by molar-refractivity contribution is -0.140. The van der Waals surface area contributed by atoms with Crippen molar-refractivity contribution >= 4 is 46.6 Å². The second-order valence-electron chi connectivity index (χ2n) is 6.70. The van der Waals surface area contributed by atoms with Crippen molar-refractivity contribution in [2.45, 2.75) is 39.3 Å². The molecule has 30 heavy (non-hydrogen) atoms. The number of carbonyl (C=O) groups is 2. The molecule has 0 radical (unpaired) electrons. The lowest BCUT2D eigenvalue weighted by Crippen LogP contribution is -2.47. The molecule has 2 aromatic carbocycles. The van der Waals surface area contributed by atoms with Gasteiger partial charge in [-0.2, -0.15) is 0 Å². The maximum atomic E-state index is 13.0. The topological polar surface area (TPSA) is 58.6 Å². The third-order valence-electron chi connectivity index (χ3n) is 4.53. The van der Waals surface area contributed by atoms with Gasteiger partial charge in [0.05, 0.1) is 6.61 Å². The number of amides is 2. The monoisotopic (exact) mass is 470 g/mol. The summed E-state index contributed by atoms with van der Waals surface area (Å²) in [5.41, 5.74) is 0.614. The molecular formula is C22H25Cl3N2O3. The van der Waals surface area contributed by atoms with Crippen LogP contribution in [-0.4, -0.2) is 35.9 Å². The third kappa shape index (κ3) is 7.08. The van der Waals surface area contributed by atoms with Crippen LogP contribution in [0.25, 0.3) is 0 Å². The summed E-state index contributed by atoms with van der Waals surface area (Å²) in [7, 11) is 0. The second kappa shape index (κ2) is 12.0. The van der Waals surface area contributed by atoms with Crippen LogP contribution in [0.2, 0.25) is 15.1 Å². The number of nitrogens with one attached hydrogen (secondary N) is 1. The molecule has 2 rings (SSSR count). The van der Waals surface area contributed by atoms with Gasteiger partial charge in [0.25, 0.3) is 0 Å². The van der Waals surface area contributed by atoms with Crippen molar-refractivity contribution in [3.05, 3.63) is 63.1 Å². The number of ether oxygens (including phenoxy) is 1. The number of likely N-dealkylation sites (N-methyl/N-ethyl adjacent to an activating group) is 1. The molecule has 8 heteroatoms. The molecule has 0 saturated carbocycles. The van der Waals surface area contributed by atoms with Gasteiger partial charge in [-0.15, -0.1) is 0 Å². The highest BCUT2D eigenvalue weighted by Crippen LogP contribution is 2.27. The average Bonchev–Trinajstić information content (AvgIpc) is 2.72. The minimum atomic E-state index is -0.665. The van der Waals surface area contributed by atoms with Crippen molar-refractivity contribution in [3.63, 3.8) is 0 Å². The van der Waals surface area contributed by atoms with Gasteiger partial charge in [-0.25, -0.2) is 0 Å².